The van der Waals surface area contributed by atoms with E-state index in [1.807, 2.05) is 25.4 Å². The lowest BCUT2D eigenvalue weighted by Gasteiger charge is -2.36. The Morgan fingerprint density at radius 2 is 2.04 bits per heavy atom. The maximum absolute atomic E-state index is 5.61. The van der Waals surface area contributed by atoms with Crippen molar-refractivity contribution in [1.82, 2.24) is 15.2 Å². The highest BCUT2D eigenvalue weighted by Crippen LogP contribution is 2.30. The summed E-state index contributed by atoms with van der Waals surface area (Å²) in [5, 5.41) is 3.49. The lowest BCUT2D eigenvalue weighted by atomic mass is 10.0. The van der Waals surface area contributed by atoms with Crippen molar-refractivity contribution in [2.45, 2.75) is 19.5 Å². The third-order valence-corrected chi connectivity index (χ3v) is 4.36. The van der Waals surface area contributed by atoms with Gasteiger partial charge in [-0.2, -0.15) is 0 Å². The highest BCUT2D eigenvalue weighted by atomic mass is 16.5. The van der Waals surface area contributed by atoms with E-state index in [9.17, 15) is 0 Å². The summed E-state index contributed by atoms with van der Waals surface area (Å²) in [7, 11) is 1.69. The van der Waals surface area contributed by atoms with Crippen molar-refractivity contribution < 1.29 is 9.47 Å². The van der Waals surface area contributed by atoms with Crippen molar-refractivity contribution in [3.63, 3.8) is 0 Å². The molecule has 0 aliphatic carbocycles. The van der Waals surface area contributed by atoms with Gasteiger partial charge < -0.3 is 14.8 Å². The van der Waals surface area contributed by atoms with Gasteiger partial charge in [0.25, 0.3) is 0 Å². The summed E-state index contributed by atoms with van der Waals surface area (Å²) in [6.07, 6.45) is 3.73. The number of methoxy groups -OCH3 is 1. The molecule has 5 nitrogen and oxygen atoms in total. The molecule has 24 heavy (non-hydrogen) atoms. The predicted molar refractivity (Wildman–Crippen MR) is 94.4 cm³/mol. The number of aromatic nitrogens is 1. The fraction of sp³-hybridized carbons (Fsp3) is 0.421. The highest BCUT2D eigenvalue weighted by Gasteiger charge is 2.24. The molecule has 1 aromatic carbocycles. The normalized spacial score (nSPS) is 18.3. The average molecular weight is 327 g/mol. The van der Waals surface area contributed by atoms with Gasteiger partial charge >= 0.3 is 0 Å². The van der Waals surface area contributed by atoms with Crippen LogP contribution >= 0.6 is 0 Å². The molecule has 1 N–H and O–H groups in total. The second-order valence-electron chi connectivity index (χ2n) is 5.89. The van der Waals surface area contributed by atoms with Crippen molar-refractivity contribution in [2.24, 2.45) is 0 Å². The van der Waals surface area contributed by atoms with E-state index in [2.05, 4.69) is 39.5 Å². The Morgan fingerprint density at radius 3 is 2.79 bits per heavy atom. The van der Waals surface area contributed by atoms with E-state index in [1.54, 1.807) is 7.11 Å². The van der Waals surface area contributed by atoms with Crippen LogP contribution in [0.3, 0.4) is 0 Å². The van der Waals surface area contributed by atoms with Crippen LogP contribution in [0.5, 0.6) is 11.5 Å². The lowest BCUT2D eigenvalue weighted by molar-refractivity contribution is 0.153. The van der Waals surface area contributed by atoms with Gasteiger partial charge in [0.15, 0.2) is 11.5 Å². The summed E-state index contributed by atoms with van der Waals surface area (Å²) in [5.41, 5.74) is 2.53. The Balaban J connectivity index is 1.78. The molecule has 5 heteroatoms. The molecule has 1 aliphatic rings. The first kappa shape index (κ1) is 16.7. The molecule has 0 saturated carbocycles. The number of hydrogen-bond acceptors (Lipinski definition) is 5. The zero-order valence-corrected chi connectivity index (χ0v) is 14.4. The van der Waals surface area contributed by atoms with Crippen molar-refractivity contribution in [3.8, 4) is 11.5 Å². The first-order chi connectivity index (χ1) is 11.8. The van der Waals surface area contributed by atoms with E-state index in [0.29, 0.717) is 12.6 Å². The highest BCUT2D eigenvalue weighted by molar-refractivity contribution is 5.43. The van der Waals surface area contributed by atoms with Gasteiger partial charge in [-0.15, -0.1) is 0 Å². The molecule has 0 bridgehead atoms. The van der Waals surface area contributed by atoms with Crippen LogP contribution in [0.4, 0.5) is 0 Å². The number of ether oxygens (including phenoxy) is 2. The maximum atomic E-state index is 5.61. The van der Waals surface area contributed by atoms with Crippen molar-refractivity contribution in [1.29, 1.82) is 0 Å². The quantitative estimate of drug-likeness (QED) is 0.884. The third-order valence-electron chi connectivity index (χ3n) is 4.36. The van der Waals surface area contributed by atoms with Crippen molar-refractivity contribution in [2.75, 3.05) is 33.4 Å². The van der Waals surface area contributed by atoms with Gasteiger partial charge in [0.2, 0.25) is 0 Å². The second-order valence-corrected chi connectivity index (χ2v) is 5.89. The molecule has 0 spiro atoms. The van der Waals surface area contributed by atoms with E-state index in [0.717, 1.165) is 37.7 Å². The summed E-state index contributed by atoms with van der Waals surface area (Å²) >= 11 is 0. The zero-order valence-electron chi connectivity index (χ0n) is 14.4. The fourth-order valence-electron chi connectivity index (χ4n) is 3.17. The zero-order chi connectivity index (χ0) is 16.8. The van der Waals surface area contributed by atoms with Gasteiger partial charge in [-0.05, 0) is 42.3 Å². The monoisotopic (exact) mass is 327 g/mol. The minimum Gasteiger partial charge on any atom is -0.493 e. The Bertz CT molecular complexity index is 648. The number of benzene rings is 1. The summed E-state index contributed by atoms with van der Waals surface area (Å²) in [6, 6.07) is 10.8. The van der Waals surface area contributed by atoms with E-state index >= 15 is 0 Å². The number of piperazine rings is 1. The van der Waals surface area contributed by atoms with E-state index in [-0.39, 0.29) is 0 Å². The van der Waals surface area contributed by atoms with Crippen LogP contribution in [0.1, 0.15) is 24.1 Å². The SMILES string of the molecule is CCOc1ccc(CN2CCNCC2c2ccncc2)cc1OC. The molecule has 2 aromatic rings. The van der Waals surface area contributed by atoms with Gasteiger partial charge in [0, 0.05) is 44.6 Å². The molecule has 1 atom stereocenters. The summed E-state index contributed by atoms with van der Waals surface area (Å²) in [6.45, 7) is 6.49. The Morgan fingerprint density at radius 1 is 1.21 bits per heavy atom. The van der Waals surface area contributed by atoms with Crippen LogP contribution in [0.2, 0.25) is 0 Å². The maximum Gasteiger partial charge on any atom is 0.161 e. The van der Waals surface area contributed by atoms with E-state index in [4.69, 9.17) is 9.47 Å². The lowest BCUT2D eigenvalue weighted by Crippen LogP contribution is -2.45. The third kappa shape index (κ3) is 3.86. The molecular weight excluding hydrogens is 302 g/mol. The molecule has 2 heterocycles. The summed E-state index contributed by atoms with van der Waals surface area (Å²) < 4.78 is 11.1. The molecule has 1 unspecified atom stereocenters. The van der Waals surface area contributed by atoms with Crippen LogP contribution in [-0.2, 0) is 6.54 Å². The largest absolute Gasteiger partial charge is 0.493 e. The first-order valence-corrected chi connectivity index (χ1v) is 8.46. The van der Waals surface area contributed by atoms with E-state index < -0.39 is 0 Å². The fourth-order valence-corrected chi connectivity index (χ4v) is 3.17. The topological polar surface area (TPSA) is 46.6 Å². The molecule has 0 radical (unpaired) electrons. The molecular formula is C19H25N3O2. The molecule has 128 valence electrons. The van der Waals surface area contributed by atoms with Crippen molar-refractivity contribution >= 4 is 0 Å². The minimum absolute atomic E-state index is 0.360. The molecule has 1 aromatic heterocycles. The van der Waals surface area contributed by atoms with Gasteiger partial charge in [-0.3, -0.25) is 9.88 Å². The number of rotatable bonds is 6. The van der Waals surface area contributed by atoms with Gasteiger partial charge in [0.05, 0.1) is 13.7 Å². The summed E-state index contributed by atoms with van der Waals surface area (Å²) in [4.78, 5) is 6.63. The molecule has 1 saturated heterocycles. The van der Waals surface area contributed by atoms with Crippen molar-refractivity contribution in [3.05, 3.63) is 53.9 Å². The predicted octanol–water partition coefficient (Wildman–Crippen LogP) is 2.64. The van der Waals surface area contributed by atoms with Crippen LogP contribution < -0.4 is 14.8 Å². The molecule has 3 rings (SSSR count). The molecule has 0 amide bonds. The Hall–Kier alpha value is -2.11. The molecule has 1 aliphatic heterocycles. The number of nitrogens with zero attached hydrogens (tertiary/aromatic N) is 2. The van der Waals surface area contributed by atoms with E-state index in [1.165, 1.54) is 11.1 Å². The smallest absolute Gasteiger partial charge is 0.161 e. The first-order valence-electron chi connectivity index (χ1n) is 8.46. The Kier molecular flexibility index (Phi) is 5.67. The number of hydrogen-bond donors (Lipinski definition) is 1. The minimum atomic E-state index is 0.360. The average Bonchev–Trinajstić information content (AvgIpc) is 2.64. The van der Waals surface area contributed by atoms with Crippen LogP contribution in [0.15, 0.2) is 42.7 Å². The van der Waals surface area contributed by atoms with Gasteiger partial charge in [-0.1, -0.05) is 6.07 Å². The summed E-state index contributed by atoms with van der Waals surface area (Å²) in [5.74, 6) is 1.60. The van der Waals surface area contributed by atoms with Gasteiger partial charge in [0.1, 0.15) is 0 Å². The van der Waals surface area contributed by atoms with Crippen LogP contribution in [0.25, 0.3) is 0 Å². The molecule has 1 fully saturated rings. The standard InChI is InChI=1S/C19H25N3O2/c1-3-24-18-5-4-15(12-19(18)23-2)14-22-11-10-21-13-17(22)16-6-8-20-9-7-16/h4-9,12,17,21H,3,10-11,13-14H2,1-2H3. The number of pyridine rings is 1. The van der Waals surface area contributed by atoms with Crippen LogP contribution in [-0.4, -0.2) is 43.2 Å². The Labute approximate surface area is 143 Å². The second kappa shape index (κ2) is 8.13. The number of nitrogens with one attached hydrogen (secondary N) is 1. The van der Waals surface area contributed by atoms with Crippen LogP contribution in [0, 0.1) is 0 Å². The van der Waals surface area contributed by atoms with Gasteiger partial charge in [-0.25, -0.2) is 0 Å².